The molecule has 0 aliphatic carbocycles. The highest BCUT2D eigenvalue weighted by Gasteiger charge is 2.12. The van der Waals surface area contributed by atoms with Gasteiger partial charge >= 0.3 is 11.8 Å². The minimum Gasteiger partial charge on any atom is -0.318 e. The Morgan fingerprint density at radius 3 is 2.25 bits per heavy atom. The summed E-state index contributed by atoms with van der Waals surface area (Å²) in [5, 5.41) is 16.6. The molecule has 2 amide bonds. The van der Waals surface area contributed by atoms with Gasteiger partial charge in [0, 0.05) is 17.8 Å². The van der Waals surface area contributed by atoms with Crippen LogP contribution in [0.15, 0.2) is 53.6 Å². The number of non-ortho nitro benzene ring substituents is 1. The van der Waals surface area contributed by atoms with Gasteiger partial charge in [-0.3, -0.25) is 19.7 Å². The monoisotopic (exact) mass is 326 g/mol. The van der Waals surface area contributed by atoms with E-state index < -0.39 is 16.7 Å². The smallest absolute Gasteiger partial charge is 0.318 e. The highest BCUT2D eigenvalue weighted by atomic mass is 16.6. The predicted molar refractivity (Wildman–Crippen MR) is 88.6 cm³/mol. The second kappa shape index (κ2) is 7.63. The van der Waals surface area contributed by atoms with Crippen molar-refractivity contribution in [2.75, 3.05) is 5.32 Å². The van der Waals surface area contributed by atoms with Crippen LogP contribution in [-0.4, -0.2) is 23.0 Å². The van der Waals surface area contributed by atoms with E-state index in [1.165, 1.54) is 30.5 Å². The lowest BCUT2D eigenvalue weighted by Crippen LogP contribution is -2.32. The number of hydrogen-bond donors (Lipinski definition) is 2. The van der Waals surface area contributed by atoms with E-state index in [4.69, 9.17) is 0 Å². The number of nitro benzene ring substituents is 1. The summed E-state index contributed by atoms with van der Waals surface area (Å²) in [4.78, 5) is 33.3. The minimum absolute atomic E-state index is 0.0475. The van der Waals surface area contributed by atoms with E-state index in [0.717, 1.165) is 5.56 Å². The molecule has 0 aromatic heterocycles. The highest BCUT2D eigenvalue weighted by Crippen LogP contribution is 2.10. The largest absolute Gasteiger partial charge is 0.329 e. The summed E-state index contributed by atoms with van der Waals surface area (Å²) >= 11 is 0. The maximum atomic E-state index is 11.7. The summed E-state index contributed by atoms with van der Waals surface area (Å²) in [6.45, 7) is 1.91. The van der Waals surface area contributed by atoms with Gasteiger partial charge in [0.15, 0.2) is 0 Å². The van der Waals surface area contributed by atoms with Gasteiger partial charge < -0.3 is 5.32 Å². The zero-order valence-electron chi connectivity index (χ0n) is 12.7. The molecule has 0 aliphatic rings. The van der Waals surface area contributed by atoms with Gasteiger partial charge in [-0.25, -0.2) is 5.43 Å². The molecule has 0 atom stereocenters. The molecule has 2 aromatic rings. The van der Waals surface area contributed by atoms with E-state index in [9.17, 15) is 19.7 Å². The van der Waals surface area contributed by atoms with Crippen LogP contribution >= 0.6 is 0 Å². The van der Waals surface area contributed by atoms with Gasteiger partial charge in [0.1, 0.15) is 0 Å². The zero-order chi connectivity index (χ0) is 17.5. The molecule has 2 N–H and O–H groups in total. The van der Waals surface area contributed by atoms with Gasteiger partial charge in [0.05, 0.1) is 11.1 Å². The molecular weight excluding hydrogens is 312 g/mol. The topological polar surface area (TPSA) is 114 Å². The first-order valence-electron chi connectivity index (χ1n) is 6.91. The molecule has 8 heteroatoms. The number of hydrogen-bond acceptors (Lipinski definition) is 5. The number of carbonyl (C=O) groups is 2. The van der Waals surface area contributed by atoms with Crippen molar-refractivity contribution in [1.82, 2.24) is 5.43 Å². The Bertz CT molecular complexity index is 783. The molecule has 0 saturated carbocycles. The van der Waals surface area contributed by atoms with Crippen LogP contribution in [0.25, 0.3) is 0 Å². The molecular formula is C16H14N4O4. The minimum atomic E-state index is -0.922. The van der Waals surface area contributed by atoms with Crippen molar-refractivity contribution in [2.24, 2.45) is 5.10 Å². The Kier molecular flexibility index (Phi) is 5.35. The van der Waals surface area contributed by atoms with Crippen LogP contribution in [0.3, 0.4) is 0 Å². The normalized spacial score (nSPS) is 10.4. The van der Waals surface area contributed by atoms with Gasteiger partial charge in [-0.15, -0.1) is 0 Å². The number of nitro groups is 1. The number of nitrogens with one attached hydrogen (secondary N) is 2. The summed E-state index contributed by atoms with van der Waals surface area (Å²) in [6.07, 6.45) is 1.28. The van der Waals surface area contributed by atoms with Crippen molar-refractivity contribution in [3.05, 3.63) is 69.8 Å². The van der Waals surface area contributed by atoms with Crippen molar-refractivity contribution < 1.29 is 14.5 Å². The third-order valence-corrected chi connectivity index (χ3v) is 3.00. The summed E-state index contributed by atoms with van der Waals surface area (Å²) in [6, 6.07) is 12.5. The molecule has 0 spiro atoms. The Morgan fingerprint density at radius 2 is 1.67 bits per heavy atom. The predicted octanol–water partition coefficient (Wildman–Crippen LogP) is 1.99. The van der Waals surface area contributed by atoms with Crippen LogP contribution in [-0.2, 0) is 9.59 Å². The Balaban J connectivity index is 1.88. The molecule has 0 saturated heterocycles. The van der Waals surface area contributed by atoms with Crippen LogP contribution in [0, 0.1) is 17.0 Å². The third kappa shape index (κ3) is 4.73. The number of aryl methyl sites for hydroxylation is 1. The summed E-state index contributed by atoms with van der Waals surface area (Å²) in [5.41, 5.74) is 4.11. The fourth-order valence-corrected chi connectivity index (χ4v) is 1.72. The molecule has 24 heavy (non-hydrogen) atoms. The van der Waals surface area contributed by atoms with E-state index in [1.807, 2.05) is 6.92 Å². The molecule has 0 bridgehead atoms. The first kappa shape index (κ1) is 16.8. The maximum absolute atomic E-state index is 11.7. The highest BCUT2D eigenvalue weighted by molar-refractivity contribution is 6.39. The summed E-state index contributed by atoms with van der Waals surface area (Å²) in [7, 11) is 0. The van der Waals surface area contributed by atoms with Gasteiger partial charge in [-0.05, 0) is 36.8 Å². The van der Waals surface area contributed by atoms with Crippen LogP contribution < -0.4 is 10.7 Å². The number of rotatable bonds is 4. The summed E-state index contributed by atoms with van der Waals surface area (Å²) in [5.74, 6) is -1.77. The van der Waals surface area contributed by atoms with Crippen LogP contribution in [0.4, 0.5) is 11.4 Å². The van der Waals surface area contributed by atoms with Crippen molar-refractivity contribution >= 4 is 29.4 Å². The lowest BCUT2D eigenvalue weighted by Gasteiger charge is -2.04. The van der Waals surface area contributed by atoms with Crippen LogP contribution in [0.5, 0.6) is 0 Å². The molecule has 0 aliphatic heterocycles. The number of carbonyl (C=O) groups excluding carboxylic acids is 2. The number of hydrazone groups is 1. The Labute approximate surface area is 137 Å². The first-order valence-corrected chi connectivity index (χ1v) is 6.91. The summed E-state index contributed by atoms with van der Waals surface area (Å²) < 4.78 is 0. The van der Waals surface area contributed by atoms with Crippen molar-refractivity contribution in [3.8, 4) is 0 Å². The van der Waals surface area contributed by atoms with E-state index >= 15 is 0 Å². The molecule has 8 nitrogen and oxygen atoms in total. The van der Waals surface area contributed by atoms with Crippen molar-refractivity contribution in [3.63, 3.8) is 0 Å². The lowest BCUT2D eigenvalue weighted by atomic mass is 10.2. The van der Waals surface area contributed by atoms with E-state index in [2.05, 4.69) is 15.8 Å². The molecule has 122 valence electrons. The molecule has 0 fully saturated rings. The molecule has 0 heterocycles. The average Bonchev–Trinajstić information content (AvgIpc) is 2.57. The SMILES string of the molecule is Cc1ccc(NC(=O)C(=O)N/N=C\c2ccc([N+](=O)[O-])cc2)cc1. The number of nitrogens with zero attached hydrogens (tertiary/aromatic N) is 2. The van der Waals surface area contributed by atoms with Gasteiger partial charge in [-0.1, -0.05) is 17.7 Å². The van der Waals surface area contributed by atoms with Crippen LogP contribution in [0.1, 0.15) is 11.1 Å². The van der Waals surface area contributed by atoms with Crippen molar-refractivity contribution in [2.45, 2.75) is 6.92 Å². The average molecular weight is 326 g/mol. The van der Waals surface area contributed by atoms with E-state index in [-0.39, 0.29) is 5.69 Å². The number of amides is 2. The van der Waals surface area contributed by atoms with Gasteiger partial charge in [0.2, 0.25) is 0 Å². The standard InChI is InChI=1S/C16H14N4O4/c1-11-2-6-13(7-3-11)18-15(21)16(22)19-17-10-12-4-8-14(9-5-12)20(23)24/h2-10H,1H3,(H,18,21)(H,19,22)/b17-10-. The second-order valence-corrected chi connectivity index (χ2v) is 4.87. The Morgan fingerprint density at radius 1 is 1.04 bits per heavy atom. The Hall–Kier alpha value is -3.55. The zero-order valence-corrected chi connectivity index (χ0v) is 12.7. The second-order valence-electron chi connectivity index (χ2n) is 4.87. The van der Waals surface area contributed by atoms with Crippen molar-refractivity contribution in [1.29, 1.82) is 0 Å². The third-order valence-electron chi connectivity index (χ3n) is 3.00. The fraction of sp³-hybridized carbons (Fsp3) is 0.0625. The quantitative estimate of drug-likeness (QED) is 0.387. The van der Waals surface area contributed by atoms with Gasteiger partial charge in [0.25, 0.3) is 5.69 Å². The number of benzene rings is 2. The fourth-order valence-electron chi connectivity index (χ4n) is 1.72. The van der Waals surface area contributed by atoms with E-state index in [1.54, 1.807) is 24.3 Å². The van der Waals surface area contributed by atoms with Crippen LogP contribution in [0.2, 0.25) is 0 Å². The van der Waals surface area contributed by atoms with E-state index in [0.29, 0.717) is 11.3 Å². The van der Waals surface area contributed by atoms with Gasteiger partial charge in [-0.2, -0.15) is 5.10 Å². The molecule has 0 unspecified atom stereocenters. The first-order chi connectivity index (χ1) is 11.5. The number of anilines is 1. The maximum Gasteiger partial charge on any atom is 0.329 e. The molecule has 2 aromatic carbocycles. The lowest BCUT2D eigenvalue weighted by molar-refractivity contribution is -0.384. The molecule has 0 radical (unpaired) electrons. The molecule has 2 rings (SSSR count).